The number of carbonyl (C=O) groups is 1. The average Bonchev–Trinajstić information content (AvgIpc) is 2.52. The van der Waals surface area contributed by atoms with Crippen LogP contribution in [0.4, 0.5) is 18.9 Å². The van der Waals surface area contributed by atoms with E-state index < -0.39 is 28.9 Å². The van der Waals surface area contributed by atoms with Crippen LogP contribution in [0.15, 0.2) is 36.4 Å². The second-order valence-corrected chi connectivity index (χ2v) is 4.59. The predicted molar refractivity (Wildman–Crippen MR) is 78.3 cm³/mol. The standard InChI is InChI=1S/C16H12F3N3O/c17-11-2-1-3-12(18)15(11)16(23)22-7-6-21-14-5-4-10(9-20)8-13(14)19/h1-5,8,21H,6-7H2,(H,22,23). The largest absolute Gasteiger partial charge is 0.381 e. The molecule has 2 N–H and O–H groups in total. The van der Waals surface area contributed by atoms with Crippen LogP contribution >= 0.6 is 0 Å². The van der Waals surface area contributed by atoms with Gasteiger partial charge in [-0.3, -0.25) is 4.79 Å². The number of anilines is 1. The van der Waals surface area contributed by atoms with E-state index in [0.29, 0.717) is 0 Å². The van der Waals surface area contributed by atoms with Gasteiger partial charge in [0.15, 0.2) is 0 Å². The highest BCUT2D eigenvalue weighted by molar-refractivity contribution is 5.94. The summed E-state index contributed by atoms with van der Waals surface area (Å²) in [5, 5.41) is 13.7. The van der Waals surface area contributed by atoms with Crippen LogP contribution in [0.2, 0.25) is 0 Å². The second kappa shape index (κ2) is 7.31. The summed E-state index contributed by atoms with van der Waals surface area (Å²) in [7, 11) is 0. The lowest BCUT2D eigenvalue weighted by Crippen LogP contribution is -2.30. The highest BCUT2D eigenvalue weighted by Crippen LogP contribution is 2.15. The van der Waals surface area contributed by atoms with Crippen LogP contribution in [0, 0.1) is 28.8 Å². The molecule has 0 spiro atoms. The Morgan fingerprint density at radius 1 is 1.04 bits per heavy atom. The van der Waals surface area contributed by atoms with E-state index in [9.17, 15) is 18.0 Å². The molecule has 0 atom stereocenters. The summed E-state index contributed by atoms with van der Waals surface area (Å²) in [5.41, 5.74) is -0.302. The minimum Gasteiger partial charge on any atom is -0.381 e. The molecule has 0 fully saturated rings. The molecule has 0 aromatic heterocycles. The molecule has 118 valence electrons. The Kier molecular flexibility index (Phi) is 5.20. The lowest BCUT2D eigenvalue weighted by Gasteiger charge is -2.10. The third-order valence-corrected chi connectivity index (χ3v) is 3.01. The van der Waals surface area contributed by atoms with Gasteiger partial charge in [0.25, 0.3) is 5.91 Å². The van der Waals surface area contributed by atoms with E-state index in [0.717, 1.165) is 24.3 Å². The summed E-state index contributed by atoms with van der Waals surface area (Å²) in [6, 6.07) is 8.87. The first-order valence-electron chi connectivity index (χ1n) is 6.68. The maximum absolute atomic E-state index is 13.6. The van der Waals surface area contributed by atoms with Crippen molar-refractivity contribution >= 4 is 11.6 Å². The van der Waals surface area contributed by atoms with E-state index in [4.69, 9.17) is 5.26 Å². The van der Waals surface area contributed by atoms with Crippen LogP contribution < -0.4 is 10.6 Å². The zero-order chi connectivity index (χ0) is 16.8. The molecule has 0 aliphatic heterocycles. The van der Waals surface area contributed by atoms with Gasteiger partial charge in [-0.05, 0) is 30.3 Å². The van der Waals surface area contributed by atoms with Gasteiger partial charge < -0.3 is 10.6 Å². The number of benzene rings is 2. The second-order valence-electron chi connectivity index (χ2n) is 4.59. The number of hydrogen-bond donors (Lipinski definition) is 2. The van der Waals surface area contributed by atoms with Crippen molar-refractivity contribution in [2.75, 3.05) is 18.4 Å². The number of hydrogen-bond acceptors (Lipinski definition) is 3. The topological polar surface area (TPSA) is 64.9 Å². The van der Waals surface area contributed by atoms with Gasteiger partial charge in [-0.1, -0.05) is 6.07 Å². The van der Waals surface area contributed by atoms with Crippen LogP contribution in [0.1, 0.15) is 15.9 Å². The van der Waals surface area contributed by atoms with Crippen LogP contribution in [-0.4, -0.2) is 19.0 Å². The molecular weight excluding hydrogens is 307 g/mol. The Hall–Kier alpha value is -3.01. The van der Waals surface area contributed by atoms with Gasteiger partial charge in [-0.25, -0.2) is 13.2 Å². The molecule has 0 saturated heterocycles. The zero-order valence-corrected chi connectivity index (χ0v) is 11.9. The first kappa shape index (κ1) is 16.4. The van der Waals surface area contributed by atoms with Crippen molar-refractivity contribution in [1.82, 2.24) is 5.32 Å². The first-order chi connectivity index (χ1) is 11.0. The van der Waals surface area contributed by atoms with Crippen LogP contribution in [0.25, 0.3) is 0 Å². The summed E-state index contributed by atoms with van der Waals surface area (Å²) >= 11 is 0. The third-order valence-electron chi connectivity index (χ3n) is 3.01. The molecule has 0 bridgehead atoms. The van der Waals surface area contributed by atoms with E-state index in [1.165, 1.54) is 12.1 Å². The van der Waals surface area contributed by atoms with E-state index in [-0.39, 0.29) is 24.3 Å². The SMILES string of the molecule is N#Cc1ccc(NCCNC(=O)c2c(F)cccc2F)c(F)c1. The van der Waals surface area contributed by atoms with Crippen molar-refractivity contribution in [3.05, 3.63) is 65.0 Å². The molecule has 2 aromatic rings. The van der Waals surface area contributed by atoms with Crippen LogP contribution in [0.5, 0.6) is 0 Å². The summed E-state index contributed by atoms with van der Waals surface area (Å²) in [6.07, 6.45) is 0. The highest BCUT2D eigenvalue weighted by atomic mass is 19.1. The molecule has 0 unspecified atom stereocenters. The average molecular weight is 319 g/mol. The van der Waals surface area contributed by atoms with Gasteiger partial charge >= 0.3 is 0 Å². The van der Waals surface area contributed by atoms with Gasteiger partial charge in [0.2, 0.25) is 0 Å². The predicted octanol–water partition coefficient (Wildman–Crippen LogP) is 2.82. The number of nitriles is 1. The zero-order valence-electron chi connectivity index (χ0n) is 11.9. The molecular formula is C16H12F3N3O. The Labute approximate surface area is 130 Å². The summed E-state index contributed by atoms with van der Waals surface area (Å²) < 4.78 is 40.4. The van der Waals surface area contributed by atoms with E-state index in [2.05, 4.69) is 10.6 Å². The molecule has 0 aliphatic carbocycles. The molecule has 0 heterocycles. The number of rotatable bonds is 5. The molecule has 7 heteroatoms. The van der Waals surface area contributed by atoms with Gasteiger partial charge in [0.05, 0.1) is 17.3 Å². The minimum absolute atomic E-state index is 0.0338. The van der Waals surface area contributed by atoms with Gasteiger partial charge in [0, 0.05) is 13.1 Å². The van der Waals surface area contributed by atoms with Crippen molar-refractivity contribution < 1.29 is 18.0 Å². The number of carbonyl (C=O) groups excluding carboxylic acids is 1. The number of nitrogens with one attached hydrogen (secondary N) is 2. The number of halogens is 3. The summed E-state index contributed by atoms with van der Waals surface area (Å²) in [6.45, 7) is 0.177. The molecule has 0 saturated carbocycles. The quantitative estimate of drug-likeness (QED) is 0.833. The Morgan fingerprint density at radius 3 is 2.35 bits per heavy atom. The fourth-order valence-electron chi connectivity index (χ4n) is 1.90. The smallest absolute Gasteiger partial charge is 0.257 e. The highest BCUT2D eigenvalue weighted by Gasteiger charge is 2.16. The van der Waals surface area contributed by atoms with Crippen LogP contribution in [-0.2, 0) is 0 Å². The Balaban J connectivity index is 1.88. The Bertz CT molecular complexity index is 751. The van der Waals surface area contributed by atoms with Crippen molar-refractivity contribution in [3.63, 3.8) is 0 Å². The first-order valence-corrected chi connectivity index (χ1v) is 6.68. The number of amides is 1. The lowest BCUT2D eigenvalue weighted by atomic mass is 10.2. The molecule has 23 heavy (non-hydrogen) atoms. The number of nitrogens with zero attached hydrogens (tertiary/aromatic N) is 1. The van der Waals surface area contributed by atoms with Gasteiger partial charge in [0.1, 0.15) is 23.0 Å². The molecule has 0 aliphatic rings. The normalized spacial score (nSPS) is 10.0. The van der Waals surface area contributed by atoms with E-state index >= 15 is 0 Å². The van der Waals surface area contributed by atoms with Crippen molar-refractivity contribution in [1.29, 1.82) is 5.26 Å². The molecule has 1 amide bonds. The summed E-state index contributed by atoms with van der Waals surface area (Å²) in [4.78, 5) is 11.7. The minimum atomic E-state index is -0.950. The molecule has 4 nitrogen and oxygen atoms in total. The van der Waals surface area contributed by atoms with Crippen molar-refractivity contribution in [2.24, 2.45) is 0 Å². The fourth-order valence-corrected chi connectivity index (χ4v) is 1.90. The van der Waals surface area contributed by atoms with Gasteiger partial charge in [-0.2, -0.15) is 5.26 Å². The van der Waals surface area contributed by atoms with Crippen molar-refractivity contribution in [3.8, 4) is 6.07 Å². The van der Waals surface area contributed by atoms with E-state index in [1.807, 2.05) is 6.07 Å². The van der Waals surface area contributed by atoms with E-state index in [1.54, 1.807) is 0 Å². The fraction of sp³-hybridized carbons (Fsp3) is 0.125. The van der Waals surface area contributed by atoms with Crippen LogP contribution in [0.3, 0.4) is 0 Å². The molecule has 0 radical (unpaired) electrons. The Morgan fingerprint density at radius 2 is 1.74 bits per heavy atom. The van der Waals surface area contributed by atoms with Gasteiger partial charge in [-0.15, -0.1) is 0 Å². The lowest BCUT2D eigenvalue weighted by molar-refractivity contribution is 0.0947. The maximum atomic E-state index is 13.6. The maximum Gasteiger partial charge on any atom is 0.257 e. The summed E-state index contributed by atoms with van der Waals surface area (Å²) in [5.74, 6) is -3.39. The molecule has 2 rings (SSSR count). The third kappa shape index (κ3) is 4.01. The molecule has 2 aromatic carbocycles. The van der Waals surface area contributed by atoms with Crippen molar-refractivity contribution in [2.45, 2.75) is 0 Å². The monoisotopic (exact) mass is 319 g/mol.